The summed E-state index contributed by atoms with van der Waals surface area (Å²) in [5.74, 6) is -0.186. The lowest BCUT2D eigenvalue weighted by Gasteiger charge is -2.17. The van der Waals surface area contributed by atoms with Crippen LogP contribution < -0.4 is 20.1 Å². The van der Waals surface area contributed by atoms with Crippen LogP contribution in [0.5, 0.6) is 11.5 Å². The fourth-order valence-electron chi connectivity index (χ4n) is 2.89. The molecule has 0 atom stereocenters. The maximum atomic E-state index is 12.3. The van der Waals surface area contributed by atoms with Gasteiger partial charge < -0.3 is 14.8 Å². The Bertz CT molecular complexity index is 1230. The highest BCUT2D eigenvalue weighted by Gasteiger charge is 2.24. The number of nitrogens with zero attached hydrogens (tertiary/aromatic N) is 3. The minimum absolute atomic E-state index is 0.129. The summed E-state index contributed by atoms with van der Waals surface area (Å²) in [4.78, 5) is 32.3. The molecule has 178 valence electrons. The first-order chi connectivity index (χ1) is 16.1. The normalized spacial score (nSPS) is 11.3. The molecule has 3 aromatic rings. The van der Waals surface area contributed by atoms with E-state index in [2.05, 4.69) is 41.4 Å². The van der Waals surface area contributed by atoms with Crippen molar-refractivity contribution in [3.8, 4) is 16.5 Å². The summed E-state index contributed by atoms with van der Waals surface area (Å²) in [6.07, 6.45) is 8.20. The number of hydrogen-bond acceptors (Lipinski definition) is 8. The van der Waals surface area contributed by atoms with Gasteiger partial charge in [-0.3, -0.25) is 19.5 Å². The minimum Gasteiger partial charge on any atom is -0.493 e. The van der Waals surface area contributed by atoms with Gasteiger partial charge in [0.1, 0.15) is 5.00 Å². The van der Waals surface area contributed by atoms with Gasteiger partial charge in [0.2, 0.25) is 5.91 Å². The zero-order chi connectivity index (χ0) is 24.9. The molecule has 2 N–H and O–H groups in total. The molecule has 3 rings (SSSR count). The second-order valence-electron chi connectivity index (χ2n) is 8.17. The molecule has 0 spiro atoms. The Hall–Kier alpha value is -3.57. The van der Waals surface area contributed by atoms with E-state index in [1.165, 1.54) is 31.4 Å². The molecule has 0 aliphatic rings. The first kappa shape index (κ1) is 25.1. The summed E-state index contributed by atoms with van der Waals surface area (Å²) < 4.78 is 12.2. The van der Waals surface area contributed by atoms with Gasteiger partial charge in [-0.2, -0.15) is 0 Å². The van der Waals surface area contributed by atoms with Crippen molar-refractivity contribution in [2.75, 3.05) is 12.4 Å². The van der Waals surface area contributed by atoms with E-state index in [1.807, 2.05) is 10.8 Å². The van der Waals surface area contributed by atoms with Gasteiger partial charge in [0.15, 0.2) is 21.7 Å². The summed E-state index contributed by atoms with van der Waals surface area (Å²) in [5.41, 5.74) is 1.37. The molecule has 0 radical (unpaired) electrons. The average molecular weight is 500 g/mol. The van der Waals surface area contributed by atoms with E-state index in [0.717, 1.165) is 10.7 Å². The lowest BCUT2D eigenvalue weighted by molar-refractivity contribution is -0.132. The van der Waals surface area contributed by atoms with E-state index in [0.29, 0.717) is 22.2 Å². The Morgan fingerprint density at radius 2 is 2.00 bits per heavy atom. The van der Waals surface area contributed by atoms with Crippen molar-refractivity contribution in [1.82, 2.24) is 19.9 Å². The van der Waals surface area contributed by atoms with E-state index in [9.17, 15) is 9.59 Å². The van der Waals surface area contributed by atoms with E-state index in [1.54, 1.807) is 36.8 Å². The summed E-state index contributed by atoms with van der Waals surface area (Å²) in [6, 6.07) is 4.94. The largest absolute Gasteiger partial charge is 0.493 e. The molecule has 0 bridgehead atoms. The highest BCUT2D eigenvalue weighted by Crippen LogP contribution is 2.34. The van der Waals surface area contributed by atoms with E-state index >= 15 is 0 Å². The molecule has 0 aliphatic carbocycles. The maximum absolute atomic E-state index is 12.3. The zero-order valence-corrected chi connectivity index (χ0v) is 21.0. The number of carbonyl (C=O) groups excluding carboxylic acids is 2. The molecular formula is C23H25N5O4S2. The summed E-state index contributed by atoms with van der Waals surface area (Å²) in [5, 5.41) is 7.20. The van der Waals surface area contributed by atoms with Gasteiger partial charge in [0.05, 0.1) is 19.1 Å². The Kier molecular flexibility index (Phi) is 7.79. The molecule has 2 aromatic heterocycles. The molecule has 0 saturated carbocycles. The van der Waals surface area contributed by atoms with Crippen LogP contribution in [0.3, 0.4) is 0 Å². The van der Waals surface area contributed by atoms with Crippen molar-refractivity contribution in [3.63, 3.8) is 0 Å². The van der Waals surface area contributed by atoms with Crippen molar-refractivity contribution >= 4 is 51.8 Å². The summed E-state index contributed by atoms with van der Waals surface area (Å²) in [7, 11) is 1.47. The second-order valence-corrected chi connectivity index (χ2v) is 9.56. The third kappa shape index (κ3) is 6.49. The van der Waals surface area contributed by atoms with Crippen LogP contribution in [-0.4, -0.2) is 38.6 Å². The van der Waals surface area contributed by atoms with Crippen LogP contribution in [0.15, 0.2) is 43.0 Å². The molecule has 0 aliphatic heterocycles. The number of nitrogens with one attached hydrogen (secondary N) is 2. The second kappa shape index (κ2) is 10.6. The number of rotatable bonds is 6. The average Bonchev–Trinajstić information content (AvgIpc) is 3.42. The topological polar surface area (TPSA) is 107 Å². The van der Waals surface area contributed by atoms with Gasteiger partial charge in [-0.1, -0.05) is 38.2 Å². The first-order valence-electron chi connectivity index (χ1n) is 10.2. The number of aromatic nitrogens is 3. The maximum Gasteiger partial charge on any atom is 0.308 e. The predicted octanol–water partition coefficient (Wildman–Crippen LogP) is 4.09. The number of imidazole rings is 1. The van der Waals surface area contributed by atoms with Gasteiger partial charge in [-0.05, 0) is 36.0 Å². The first-order valence-corrected chi connectivity index (χ1v) is 11.5. The smallest absolute Gasteiger partial charge is 0.308 e. The summed E-state index contributed by atoms with van der Waals surface area (Å²) >= 11 is 6.70. The van der Waals surface area contributed by atoms with Crippen LogP contribution in [0.2, 0.25) is 0 Å². The van der Waals surface area contributed by atoms with E-state index < -0.39 is 11.9 Å². The lowest BCUT2D eigenvalue weighted by Crippen LogP contribution is -2.32. The van der Waals surface area contributed by atoms with Crippen LogP contribution in [0, 0.1) is 0 Å². The van der Waals surface area contributed by atoms with Crippen LogP contribution in [0.25, 0.3) is 11.1 Å². The molecule has 11 heteroatoms. The SMILES string of the molecule is COc1cc(C=CC(=O)NC(=S)Nc2nc(C(C)(C)C)c(-n3ccnc3)s2)ccc1OC(C)=O. The number of esters is 1. The number of benzene rings is 1. The van der Waals surface area contributed by atoms with Crippen LogP contribution in [0.4, 0.5) is 5.13 Å². The third-order valence-corrected chi connectivity index (χ3v) is 5.57. The minimum atomic E-state index is -0.450. The molecular weight excluding hydrogens is 474 g/mol. The highest BCUT2D eigenvalue weighted by molar-refractivity contribution is 7.80. The van der Waals surface area contributed by atoms with Crippen molar-refractivity contribution in [1.29, 1.82) is 0 Å². The van der Waals surface area contributed by atoms with Gasteiger partial charge >= 0.3 is 5.97 Å². The zero-order valence-electron chi connectivity index (χ0n) is 19.4. The van der Waals surface area contributed by atoms with Gasteiger partial charge in [-0.25, -0.2) is 9.97 Å². The van der Waals surface area contributed by atoms with Crippen LogP contribution in [0.1, 0.15) is 39.0 Å². The number of ether oxygens (including phenoxy) is 2. The molecule has 1 amide bonds. The lowest BCUT2D eigenvalue weighted by atomic mass is 9.92. The molecule has 0 fully saturated rings. The quantitative estimate of drug-likeness (QED) is 0.226. The monoisotopic (exact) mass is 499 g/mol. The highest BCUT2D eigenvalue weighted by atomic mass is 32.1. The number of amides is 1. The third-order valence-electron chi connectivity index (χ3n) is 4.38. The standard InChI is InChI=1S/C23H25N5O4S2/c1-14(29)32-16-8-6-15(12-17(16)31-5)7-9-18(30)25-21(33)27-22-26-19(23(2,3)4)20(34-22)28-11-10-24-13-28/h6-13H,1-5H3,(H2,25,26,27,30,33). The number of anilines is 1. The van der Waals surface area contributed by atoms with Crippen molar-refractivity contribution in [2.45, 2.75) is 33.1 Å². The Balaban J connectivity index is 1.66. The number of thiocarbonyl (C=S) groups is 1. The molecule has 9 nitrogen and oxygen atoms in total. The number of carbonyl (C=O) groups is 2. The van der Waals surface area contributed by atoms with Gasteiger partial charge in [0, 0.05) is 30.8 Å². The fourth-order valence-corrected chi connectivity index (χ4v) is 4.29. The number of thiazole rings is 1. The Morgan fingerprint density at radius 1 is 1.24 bits per heavy atom. The Labute approximate surface area is 206 Å². The molecule has 34 heavy (non-hydrogen) atoms. The molecule has 0 saturated heterocycles. The van der Waals surface area contributed by atoms with E-state index in [4.69, 9.17) is 21.7 Å². The number of methoxy groups -OCH3 is 1. The molecule has 0 unspecified atom stereocenters. The molecule has 1 aromatic carbocycles. The van der Waals surface area contributed by atoms with Crippen LogP contribution in [-0.2, 0) is 15.0 Å². The van der Waals surface area contributed by atoms with Crippen molar-refractivity contribution < 1.29 is 19.1 Å². The predicted molar refractivity (Wildman–Crippen MR) is 136 cm³/mol. The fraction of sp³-hybridized carbons (Fsp3) is 0.261. The molecule has 2 heterocycles. The van der Waals surface area contributed by atoms with Crippen LogP contribution >= 0.6 is 23.6 Å². The summed E-state index contributed by atoms with van der Waals surface area (Å²) in [6.45, 7) is 7.53. The van der Waals surface area contributed by atoms with Gasteiger partial charge in [-0.15, -0.1) is 0 Å². The van der Waals surface area contributed by atoms with Gasteiger partial charge in [0.25, 0.3) is 0 Å². The number of hydrogen-bond donors (Lipinski definition) is 2. The van der Waals surface area contributed by atoms with Crippen molar-refractivity contribution in [2.24, 2.45) is 0 Å². The van der Waals surface area contributed by atoms with Crippen molar-refractivity contribution in [3.05, 3.63) is 54.3 Å². The Morgan fingerprint density at radius 3 is 2.62 bits per heavy atom. The van der Waals surface area contributed by atoms with E-state index in [-0.39, 0.29) is 10.5 Å².